The molecule has 0 unspecified atom stereocenters. The molecular weight excluding hydrogens is 531 g/mol. The van der Waals surface area contributed by atoms with E-state index in [4.69, 9.17) is 4.42 Å². The minimum absolute atomic E-state index is 0.00257. The van der Waals surface area contributed by atoms with E-state index in [1.807, 2.05) is 0 Å². The number of sulfone groups is 1. The van der Waals surface area contributed by atoms with Gasteiger partial charge in [-0.1, -0.05) is 47.0 Å². The van der Waals surface area contributed by atoms with Crippen molar-refractivity contribution >= 4 is 43.4 Å². The monoisotopic (exact) mass is 552 g/mol. The van der Waals surface area contributed by atoms with E-state index in [1.165, 1.54) is 42.8 Å². The first kappa shape index (κ1) is 24.0. The van der Waals surface area contributed by atoms with Crippen molar-refractivity contribution in [2.75, 3.05) is 5.75 Å². The number of hydrogen-bond acceptors (Lipinski definition) is 6. The Balaban J connectivity index is 1.61. The van der Waals surface area contributed by atoms with Gasteiger partial charge >= 0.3 is 0 Å². The number of nitrogens with one attached hydrogen (secondary N) is 1. The van der Waals surface area contributed by atoms with Gasteiger partial charge in [0, 0.05) is 16.1 Å². The van der Waals surface area contributed by atoms with E-state index in [0.717, 1.165) is 41.9 Å². The summed E-state index contributed by atoms with van der Waals surface area (Å²) in [7, 11) is -4.01. The summed E-state index contributed by atoms with van der Waals surface area (Å²) < 4.78 is 46.5. The molecule has 1 aliphatic carbocycles. The summed E-state index contributed by atoms with van der Waals surface area (Å²) in [5, 5.41) is 2.77. The molecule has 1 heterocycles. The Morgan fingerprint density at radius 1 is 1.09 bits per heavy atom. The van der Waals surface area contributed by atoms with E-state index in [2.05, 4.69) is 26.2 Å². The molecule has 1 N–H and O–H groups in total. The number of thioether (sulfide) groups is 1. The summed E-state index contributed by atoms with van der Waals surface area (Å²) >= 11 is 4.28. The van der Waals surface area contributed by atoms with Gasteiger partial charge in [-0.3, -0.25) is 4.79 Å². The summed E-state index contributed by atoms with van der Waals surface area (Å²) in [5.74, 6) is -0.571. The summed E-state index contributed by atoms with van der Waals surface area (Å²) in [6.45, 7) is 0. The zero-order valence-electron chi connectivity index (χ0n) is 17.6. The Kier molecular flexibility index (Phi) is 7.55. The third kappa shape index (κ3) is 5.85. The van der Waals surface area contributed by atoms with Crippen LogP contribution in [-0.4, -0.2) is 31.1 Å². The fourth-order valence-electron chi connectivity index (χ4n) is 3.64. The van der Waals surface area contributed by atoms with Crippen LogP contribution >= 0.6 is 27.7 Å². The molecule has 1 fully saturated rings. The number of amides is 1. The Morgan fingerprint density at radius 3 is 2.42 bits per heavy atom. The third-order valence-corrected chi connectivity index (χ3v) is 8.62. The fourth-order valence-corrected chi connectivity index (χ4v) is 6.25. The highest BCUT2D eigenvalue weighted by atomic mass is 79.9. The van der Waals surface area contributed by atoms with E-state index in [1.54, 1.807) is 12.1 Å². The number of aromatic nitrogens is 1. The van der Waals surface area contributed by atoms with E-state index in [0.29, 0.717) is 5.56 Å². The molecule has 0 spiro atoms. The smallest absolute Gasteiger partial charge is 0.230 e. The zero-order chi connectivity index (χ0) is 23.4. The lowest BCUT2D eigenvalue weighted by Crippen LogP contribution is -2.37. The molecule has 0 radical (unpaired) electrons. The lowest BCUT2D eigenvalue weighted by atomic mass is 9.95. The Hall–Kier alpha value is -2.17. The number of rotatable bonds is 7. The van der Waals surface area contributed by atoms with Gasteiger partial charge in [-0.2, -0.15) is 4.98 Å². The first-order valence-electron chi connectivity index (χ1n) is 10.5. The number of nitrogens with zero attached hydrogens (tertiary/aromatic N) is 1. The first-order valence-corrected chi connectivity index (χ1v) is 13.8. The maximum Gasteiger partial charge on any atom is 0.230 e. The Morgan fingerprint density at radius 2 is 1.76 bits per heavy atom. The molecule has 1 amide bonds. The number of benzene rings is 2. The molecule has 174 valence electrons. The molecule has 1 aromatic heterocycles. The molecule has 0 bridgehead atoms. The molecule has 0 aliphatic heterocycles. The van der Waals surface area contributed by atoms with Gasteiger partial charge in [-0.25, -0.2) is 12.8 Å². The molecule has 6 nitrogen and oxygen atoms in total. The largest absolute Gasteiger partial charge is 0.428 e. The first-order chi connectivity index (χ1) is 15.8. The molecule has 0 atom stereocenters. The van der Waals surface area contributed by atoms with Crippen LogP contribution in [0, 0.1) is 5.82 Å². The Labute approximate surface area is 204 Å². The lowest BCUT2D eigenvalue weighted by Gasteiger charge is -2.22. The molecule has 33 heavy (non-hydrogen) atoms. The van der Waals surface area contributed by atoms with E-state index >= 15 is 0 Å². The van der Waals surface area contributed by atoms with Crippen LogP contribution in [0.3, 0.4) is 0 Å². The van der Waals surface area contributed by atoms with Crippen LogP contribution < -0.4 is 5.32 Å². The van der Waals surface area contributed by atoms with Crippen LogP contribution in [0.4, 0.5) is 4.39 Å². The number of carbonyl (C=O) groups excluding carboxylic acids is 1. The molecule has 3 aromatic rings. The van der Waals surface area contributed by atoms with Crippen molar-refractivity contribution in [1.82, 2.24) is 10.3 Å². The second kappa shape index (κ2) is 10.4. The van der Waals surface area contributed by atoms with Gasteiger partial charge < -0.3 is 9.73 Å². The summed E-state index contributed by atoms with van der Waals surface area (Å²) in [6.07, 6.45) is 5.28. The number of halogens is 2. The predicted octanol–water partition coefficient (Wildman–Crippen LogP) is 5.62. The van der Waals surface area contributed by atoms with Crippen molar-refractivity contribution in [3.05, 3.63) is 58.8 Å². The Bertz CT molecular complexity index is 1220. The maximum atomic E-state index is 13.3. The quantitative estimate of drug-likeness (QED) is 0.383. The average molecular weight is 553 g/mol. The predicted molar refractivity (Wildman–Crippen MR) is 127 cm³/mol. The van der Waals surface area contributed by atoms with Crippen LogP contribution in [0.1, 0.15) is 32.1 Å². The molecule has 10 heteroatoms. The van der Waals surface area contributed by atoms with Gasteiger partial charge in [0.05, 0.1) is 10.6 Å². The van der Waals surface area contributed by atoms with E-state index in [-0.39, 0.29) is 38.6 Å². The van der Waals surface area contributed by atoms with Crippen LogP contribution in [0.5, 0.6) is 0 Å². The lowest BCUT2D eigenvalue weighted by molar-refractivity contribution is -0.119. The highest BCUT2D eigenvalue weighted by Crippen LogP contribution is 2.35. The minimum atomic E-state index is -4.01. The molecule has 2 aromatic carbocycles. The number of carbonyl (C=O) groups is 1. The van der Waals surface area contributed by atoms with E-state index in [9.17, 15) is 17.6 Å². The molecule has 4 rings (SSSR count). The average Bonchev–Trinajstić information content (AvgIpc) is 3.24. The summed E-state index contributed by atoms with van der Waals surface area (Å²) in [6, 6.07) is 11.7. The third-order valence-electron chi connectivity index (χ3n) is 5.34. The molecule has 0 saturated heterocycles. The van der Waals surface area contributed by atoms with Gasteiger partial charge in [0.2, 0.25) is 31.8 Å². The van der Waals surface area contributed by atoms with Crippen LogP contribution in [0.25, 0.3) is 11.5 Å². The van der Waals surface area contributed by atoms with Crippen molar-refractivity contribution in [3.8, 4) is 11.5 Å². The highest BCUT2D eigenvalue weighted by molar-refractivity contribution is 9.10. The van der Waals surface area contributed by atoms with Crippen molar-refractivity contribution in [3.63, 3.8) is 0 Å². The standard InChI is InChI=1S/C23H22BrFN2O4S2/c24-16-8-12-19(13-9-16)33(29,30)22-23(31-21(27-22)15-6-10-17(25)11-7-15)32-14-20(28)26-18-4-2-1-3-5-18/h6-13,18H,1-5,14H2,(H,26,28). The minimum Gasteiger partial charge on any atom is -0.428 e. The van der Waals surface area contributed by atoms with Gasteiger partial charge in [0.1, 0.15) is 5.82 Å². The highest BCUT2D eigenvalue weighted by Gasteiger charge is 2.29. The molecular formula is C23H22BrFN2O4S2. The maximum absolute atomic E-state index is 13.3. The van der Waals surface area contributed by atoms with Crippen LogP contribution in [-0.2, 0) is 14.6 Å². The normalized spacial score (nSPS) is 14.8. The topological polar surface area (TPSA) is 89.3 Å². The van der Waals surface area contributed by atoms with Crippen molar-refractivity contribution < 1.29 is 22.0 Å². The van der Waals surface area contributed by atoms with Gasteiger partial charge in [-0.05, 0) is 61.4 Å². The van der Waals surface area contributed by atoms with Crippen LogP contribution in [0.2, 0.25) is 0 Å². The number of oxazole rings is 1. The molecule has 1 aliphatic rings. The second-order valence-corrected chi connectivity index (χ2v) is 11.5. The molecule has 1 saturated carbocycles. The fraction of sp³-hybridized carbons (Fsp3) is 0.304. The van der Waals surface area contributed by atoms with Gasteiger partial charge in [0.15, 0.2) is 0 Å². The SMILES string of the molecule is O=C(CSc1oc(-c2ccc(F)cc2)nc1S(=O)(=O)c1ccc(Br)cc1)NC1CCCCC1. The zero-order valence-corrected chi connectivity index (χ0v) is 20.8. The number of hydrogen-bond donors (Lipinski definition) is 1. The van der Waals surface area contributed by atoms with Gasteiger partial charge in [-0.15, -0.1) is 0 Å². The summed E-state index contributed by atoms with van der Waals surface area (Å²) in [5.41, 5.74) is 0.433. The van der Waals surface area contributed by atoms with Crippen molar-refractivity contribution in [1.29, 1.82) is 0 Å². The van der Waals surface area contributed by atoms with Crippen molar-refractivity contribution in [2.45, 2.75) is 53.2 Å². The van der Waals surface area contributed by atoms with Gasteiger partial charge in [0.25, 0.3) is 0 Å². The second-order valence-electron chi connectivity index (χ2n) is 7.77. The van der Waals surface area contributed by atoms with Crippen LogP contribution in [0.15, 0.2) is 72.4 Å². The van der Waals surface area contributed by atoms with Crippen molar-refractivity contribution in [2.24, 2.45) is 0 Å². The van der Waals surface area contributed by atoms with E-state index < -0.39 is 15.7 Å². The summed E-state index contributed by atoms with van der Waals surface area (Å²) in [4.78, 5) is 16.8.